The molecule has 1 heterocycles. The van der Waals surface area contributed by atoms with Crippen molar-refractivity contribution in [2.24, 2.45) is 5.41 Å². The Balaban J connectivity index is 2.54. The summed E-state index contributed by atoms with van der Waals surface area (Å²) in [7, 11) is 0. The molecule has 0 bridgehead atoms. The number of rotatable bonds is 1. The highest BCUT2D eigenvalue weighted by molar-refractivity contribution is 8.15. The van der Waals surface area contributed by atoms with Gasteiger partial charge < -0.3 is 0 Å². The zero-order valence-electron chi connectivity index (χ0n) is 7.72. The van der Waals surface area contributed by atoms with E-state index in [4.69, 9.17) is 0 Å². The van der Waals surface area contributed by atoms with Crippen molar-refractivity contribution in [3.63, 3.8) is 0 Å². The van der Waals surface area contributed by atoms with Crippen molar-refractivity contribution < 1.29 is 9.59 Å². The summed E-state index contributed by atoms with van der Waals surface area (Å²) in [6.45, 7) is 6.26. The summed E-state index contributed by atoms with van der Waals surface area (Å²) in [5, 5.41) is -0.0354. The van der Waals surface area contributed by atoms with Gasteiger partial charge in [0.2, 0.25) is 0 Å². The smallest absolute Gasteiger partial charge is 0.197 e. The summed E-state index contributed by atoms with van der Waals surface area (Å²) in [6.07, 6.45) is 0.952. The van der Waals surface area contributed by atoms with E-state index in [1.165, 1.54) is 11.8 Å². The first-order valence-corrected chi connectivity index (χ1v) is 4.99. The molecule has 0 aromatic heterocycles. The maximum Gasteiger partial charge on any atom is 0.197 e. The van der Waals surface area contributed by atoms with Crippen LogP contribution in [-0.4, -0.2) is 16.1 Å². The van der Waals surface area contributed by atoms with E-state index in [-0.39, 0.29) is 28.0 Å². The van der Waals surface area contributed by atoms with Crippen LogP contribution in [0.25, 0.3) is 0 Å². The lowest BCUT2D eigenvalue weighted by molar-refractivity contribution is -0.121. The number of carbonyl (C=O) groups is 2. The molecule has 0 N–H and O–H groups in total. The molecule has 3 heteroatoms. The van der Waals surface area contributed by atoms with Crippen LogP contribution in [0.1, 0.15) is 33.6 Å². The molecule has 0 amide bonds. The number of hydrogen-bond donors (Lipinski definition) is 0. The second kappa shape index (κ2) is 3.21. The molecule has 0 aliphatic carbocycles. The Labute approximate surface area is 77.1 Å². The van der Waals surface area contributed by atoms with E-state index in [9.17, 15) is 9.59 Å². The Bertz CT molecular complexity index is 215. The van der Waals surface area contributed by atoms with E-state index in [0.717, 1.165) is 6.42 Å². The fourth-order valence-electron chi connectivity index (χ4n) is 1.23. The van der Waals surface area contributed by atoms with Crippen LogP contribution in [0.3, 0.4) is 0 Å². The van der Waals surface area contributed by atoms with E-state index in [0.29, 0.717) is 0 Å². The molecular weight excluding hydrogens is 172 g/mol. The number of Topliss-reactive ketones (excluding diaryl/α,β-unsaturated/α-hetero) is 1. The van der Waals surface area contributed by atoms with Crippen LogP contribution < -0.4 is 0 Å². The second-order valence-electron chi connectivity index (χ2n) is 4.39. The van der Waals surface area contributed by atoms with Gasteiger partial charge >= 0.3 is 0 Å². The molecule has 1 unspecified atom stereocenters. The minimum Gasteiger partial charge on any atom is -0.298 e. The van der Waals surface area contributed by atoms with Crippen LogP contribution in [0.4, 0.5) is 0 Å². The molecule has 0 saturated carbocycles. The molecule has 1 atom stereocenters. The highest BCUT2D eigenvalue weighted by Gasteiger charge is 2.34. The lowest BCUT2D eigenvalue weighted by Gasteiger charge is -2.20. The fraction of sp³-hybridized carbons (Fsp3) is 0.778. The van der Waals surface area contributed by atoms with Crippen LogP contribution in [-0.2, 0) is 9.59 Å². The minimum atomic E-state index is -0.0718. The Morgan fingerprint density at radius 1 is 1.42 bits per heavy atom. The third-order valence-corrected chi connectivity index (χ3v) is 2.87. The van der Waals surface area contributed by atoms with Crippen molar-refractivity contribution in [1.29, 1.82) is 0 Å². The number of thioether (sulfide) groups is 1. The summed E-state index contributed by atoms with van der Waals surface area (Å²) in [4.78, 5) is 22.1. The molecular formula is C9H14O2S. The van der Waals surface area contributed by atoms with E-state index >= 15 is 0 Å². The van der Waals surface area contributed by atoms with Crippen LogP contribution in [0.15, 0.2) is 0 Å². The van der Waals surface area contributed by atoms with Crippen molar-refractivity contribution in [3.05, 3.63) is 0 Å². The maximum absolute atomic E-state index is 11.2. The molecule has 1 saturated heterocycles. The van der Waals surface area contributed by atoms with Gasteiger partial charge in [0.05, 0.1) is 11.7 Å². The zero-order valence-corrected chi connectivity index (χ0v) is 8.53. The molecule has 0 spiro atoms. The van der Waals surface area contributed by atoms with Gasteiger partial charge in [-0.2, -0.15) is 0 Å². The highest BCUT2D eigenvalue weighted by Crippen LogP contribution is 2.34. The number of hydrogen-bond acceptors (Lipinski definition) is 3. The van der Waals surface area contributed by atoms with Crippen LogP contribution in [0.2, 0.25) is 0 Å². The molecule has 0 aromatic rings. The van der Waals surface area contributed by atoms with E-state index < -0.39 is 0 Å². The van der Waals surface area contributed by atoms with Crippen LogP contribution in [0, 0.1) is 5.41 Å². The minimum absolute atomic E-state index is 0.0363. The molecule has 0 aromatic carbocycles. The van der Waals surface area contributed by atoms with Gasteiger partial charge in [0.1, 0.15) is 0 Å². The SMILES string of the molecule is CC(C)(C)CC1SC(=O)CC1=O. The number of carbonyl (C=O) groups excluding carboxylic acids is 2. The second-order valence-corrected chi connectivity index (χ2v) is 5.65. The third kappa shape index (κ3) is 2.63. The molecule has 1 aliphatic heterocycles. The Morgan fingerprint density at radius 3 is 2.33 bits per heavy atom. The van der Waals surface area contributed by atoms with Crippen molar-refractivity contribution in [2.45, 2.75) is 38.9 Å². The molecule has 1 aliphatic rings. The van der Waals surface area contributed by atoms with Crippen molar-refractivity contribution in [3.8, 4) is 0 Å². The molecule has 0 radical (unpaired) electrons. The average Bonchev–Trinajstić information content (AvgIpc) is 2.06. The van der Waals surface area contributed by atoms with Crippen molar-refractivity contribution in [2.75, 3.05) is 0 Å². The van der Waals surface area contributed by atoms with Gasteiger partial charge in [-0.15, -0.1) is 0 Å². The number of ketones is 1. The monoisotopic (exact) mass is 186 g/mol. The predicted octanol–water partition coefficient (Wildman–Crippen LogP) is 2.02. The fourth-order valence-corrected chi connectivity index (χ4v) is 2.57. The summed E-state index contributed by atoms with van der Waals surface area (Å²) >= 11 is 1.21. The average molecular weight is 186 g/mol. The van der Waals surface area contributed by atoms with E-state index in [1.54, 1.807) is 0 Å². The predicted molar refractivity (Wildman–Crippen MR) is 50.1 cm³/mol. The quantitative estimate of drug-likeness (QED) is 0.587. The standard InChI is InChI=1S/C9H14O2S/c1-9(2,3)5-7-6(10)4-8(11)12-7/h7H,4-5H2,1-3H3. The van der Waals surface area contributed by atoms with E-state index in [1.807, 2.05) is 0 Å². The first kappa shape index (κ1) is 9.78. The first-order valence-electron chi connectivity index (χ1n) is 4.11. The topological polar surface area (TPSA) is 34.1 Å². The molecule has 68 valence electrons. The molecule has 1 fully saturated rings. The van der Waals surface area contributed by atoms with Gasteiger partial charge in [0.15, 0.2) is 10.9 Å². The van der Waals surface area contributed by atoms with Gasteiger partial charge in [0, 0.05) is 0 Å². The highest BCUT2D eigenvalue weighted by atomic mass is 32.2. The van der Waals surface area contributed by atoms with Gasteiger partial charge in [-0.25, -0.2) is 0 Å². The summed E-state index contributed by atoms with van der Waals surface area (Å²) in [5.74, 6) is 0.111. The van der Waals surface area contributed by atoms with Gasteiger partial charge in [-0.05, 0) is 11.8 Å². The maximum atomic E-state index is 11.2. The Morgan fingerprint density at radius 2 is 2.00 bits per heavy atom. The third-order valence-electron chi connectivity index (χ3n) is 1.75. The van der Waals surface area contributed by atoms with Gasteiger partial charge in [-0.3, -0.25) is 9.59 Å². The first-order chi connectivity index (χ1) is 5.38. The molecule has 2 nitrogen and oxygen atoms in total. The lowest BCUT2D eigenvalue weighted by atomic mass is 9.89. The summed E-state index contributed by atoms with van der Waals surface area (Å²) < 4.78 is 0. The zero-order chi connectivity index (χ0) is 9.35. The van der Waals surface area contributed by atoms with Crippen LogP contribution >= 0.6 is 11.8 Å². The molecule has 1 rings (SSSR count). The lowest BCUT2D eigenvalue weighted by Crippen LogP contribution is -2.19. The van der Waals surface area contributed by atoms with Crippen molar-refractivity contribution >= 4 is 22.7 Å². The van der Waals surface area contributed by atoms with Crippen LogP contribution in [0.5, 0.6) is 0 Å². The van der Waals surface area contributed by atoms with Crippen molar-refractivity contribution in [1.82, 2.24) is 0 Å². The summed E-state index contributed by atoms with van der Waals surface area (Å²) in [5.41, 5.74) is 0.137. The Kier molecular flexibility index (Phi) is 2.61. The van der Waals surface area contributed by atoms with E-state index in [2.05, 4.69) is 20.8 Å². The summed E-state index contributed by atoms with van der Waals surface area (Å²) in [6, 6.07) is 0. The molecule has 12 heavy (non-hydrogen) atoms. The van der Waals surface area contributed by atoms with Gasteiger partial charge in [0.25, 0.3) is 0 Å². The van der Waals surface area contributed by atoms with Gasteiger partial charge in [-0.1, -0.05) is 32.5 Å². The normalized spacial score (nSPS) is 25.1. The Hall–Kier alpha value is -0.310. The largest absolute Gasteiger partial charge is 0.298 e.